The molecule has 1 unspecified atom stereocenters. The fourth-order valence-corrected chi connectivity index (χ4v) is 3.01. The predicted octanol–water partition coefficient (Wildman–Crippen LogP) is 5.48. The summed E-state index contributed by atoms with van der Waals surface area (Å²) in [5.41, 5.74) is 0.813. The average Bonchev–Trinajstić information content (AvgIpc) is 2.69. The number of carboxylic acids is 1. The van der Waals surface area contributed by atoms with E-state index in [9.17, 15) is 19.5 Å². The predicted molar refractivity (Wildman–Crippen MR) is 123 cm³/mol. The van der Waals surface area contributed by atoms with Gasteiger partial charge in [0.25, 0.3) is 0 Å². The van der Waals surface area contributed by atoms with Gasteiger partial charge in [0.1, 0.15) is 6.04 Å². The van der Waals surface area contributed by atoms with Crippen molar-refractivity contribution in [1.29, 1.82) is 0 Å². The first-order valence-electron chi connectivity index (χ1n) is 8.91. The van der Waals surface area contributed by atoms with Crippen LogP contribution in [0.4, 0.5) is 21.0 Å². The molecule has 0 fully saturated rings. The molecule has 0 radical (unpaired) electrons. The fourth-order valence-electron chi connectivity index (χ4n) is 2.41. The number of benzene rings is 2. The Kier molecular flexibility index (Phi) is 9.51. The van der Waals surface area contributed by atoms with Crippen molar-refractivity contribution in [2.24, 2.45) is 0 Å². The molecule has 0 saturated carbocycles. The third-order valence-electron chi connectivity index (χ3n) is 3.91. The zero-order valence-corrected chi connectivity index (χ0v) is 18.9. The lowest BCUT2D eigenvalue weighted by molar-refractivity contribution is -0.139. The van der Waals surface area contributed by atoms with E-state index in [1.807, 2.05) is 0 Å². The van der Waals surface area contributed by atoms with E-state index < -0.39 is 24.1 Å². The summed E-state index contributed by atoms with van der Waals surface area (Å²) in [5.74, 6) is -1.20. The Morgan fingerprint density at radius 1 is 0.806 bits per heavy atom. The van der Waals surface area contributed by atoms with Crippen molar-refractivity contribution >= 4 is 75.8 Å². The zero-order chi connectivity index (χ0) is 23.0. The highest BCUT2D eigenvalue weighted by Gasteiger charge is 2.19. The number of amides is 4. The summed E-state index contributed by atoms with van der Waals surface area (Å²) in [5, 5.41) is 20.6. The van der Waals surface area contributed by atoms with Crippen molar-refractivity contribution in [3.63, 3.8) is 0 Å². The van der Waals surface area contributed by atoms with Crippen LogP contribution in [-0.2, 0) is 4.79 Å². The molecular weight excluding hydrogens is 490 g/mol. The van der Waals surface area contributed by atoms with Crippen LogP contribution in [-0.4, -0.2) is 35.7 Å². The molecule has 0 saturated heterocycles. The highest BCUT2D eigenvalue weighted by atomic mass is 35.5. The standard InChI is InChI=1S/C19H18Cl4N4O4/c20-12-5-3-10(8-14(12)22)25-18(30)24-7-1-2-16(17(28)29)27-19(31)26-11-4-6-13(21)15(23)9-11/h3-6,8-9,16H,1-2,7H2,(H,28,29)(H2,24,25,30)(H2,26,27,31). The van der Waals surface area contributed by atoms with E-state index in [1.54, 1.807) is 12.1 Å². The van der Waals surface area contributed by atoms with Crippen LogP contribution >= 0.6 is 46.4 Å². The molecule has 2 aromatic rings. The minimum Gasteiger partial charge on any atom is -0.480 e. The lowest BCUT2D eigenvalue weighted by Gasteiger charge is -2.16. The normalized spacial score (nSPS) is 11.4. The van der Waals surface area contributed by atoms with Crippen LogP contribution < -0.4 is 21.3 Å². The third kappa shape index (κ3) is 8.34. The molecule has 31 heavy (non-hydrogen) atoms. The molecule has 0 heterocycles. The number of carbonyl (C=O) groups excluding carboxylic acids is 2. The quantitative estimate of drug-likeness (QED) is 0.304. The Morgan fingerprint density at radius 3 is 1.81 bits per heavy atom. The van der Waals surface area contributed by atoms with Gasteiger partial charge in [-0.25, -0.2) is 14.4 Å². The number of hydrogen-bond donors (Lipinski definition) is 5. The molecule has 0 aliphatic carbocycles. The lowest BCUT2D eigenvalue weighted by Crippen LogP contribution is -2.43. The molecule has 4 amide bonds. The van der Waals surface area contributed by atoms with Gasteiger partial charge in [0.05, 0.1) is 20.1 Å². The first kappa shape index (κ1) is 24.9. The first-order valence-corrected chi connectivity index (χ1v) is 10.4. The summed E-state index contributed by atoms with van der Waals surface area (Å²) in [6.45, 7) is 0.188. The largest absolute Gasteiger partial charge is 0.480 e. The summed E-state index contributed by atoms with van der Waals surface area (Å²) in [4.78, 5) is 35.4. The average molecular weight is 508 g/mol. The van der Waals surface area contributed by atoms with Gasteiger partial charge in [-0.05, 0) is 49.2 Å². The van der Waals surface area contributed by atoms with Crippen molar-refractivity contribution in [3.8, 4) is 0 Å². The fraction of sp³-hybridized carbons (Fsp3) is 0.211. The van der Waals surface area contributed by atoms with Crippen molar-refractivity contribution < 1.29 is 19.5 Å². The van der Waals surface area contributed by atoms with Crippen LogP contribution in [0, 0.1) is 0 Å². The molecule has 8 nitrogen and oxygen atoms in total. The van der Waals surface area contributed by atoms with Crippen molar-refractivity contribution in [1.82, 2.24) is 10.6 Å². The molecule has 0 spiro atoms. The first-order chi connectivity index (χ1) is 14.7. The van der Waals surface area contributed by atoms with Crippen molar-refractivity contribution in [3.05, 3.63) is 56.5 Å². The van der Waals surface area contributed by atoms with E-state index in [2.05, 4.69) is 21.3 Å². The molecule has 5 N–H and O–H groups in total. The number of carboxylic acid groups (broad SMARTS) is 1. The highest BCUT2D eigenvalue weighted by molar-refractivity contribution is 6.42. The number of rotatable bonds is 8. The van der Waals surface area contributed by atoms with Gasteiger partial charge in [-0.2, -0.15) is 0 Å². The number of halogens is 4. The number of nitrogens with one attached hydrogen (secondary N) is 4. The minimum absolute atomic E-state index is 0.0944. The van der Waals surface area contributed by atoms with Gasteiger partial charge < -0.3 is 26.4 Å². The van der Waals surface area contributed by atoms with Crippen molar-refractivity contribution in [2.75, 3.05) is 17.2 Å². The summed E-state index contributed by atoms with van der Waals surface area (Å²) >= 11 is 23.4. The summed E-state index contributed by atoms with van der Waals surface area (Å²) < 4.78 is 0. The lowest BCUT2D eigenvalue weighted by atomic mass is 10.1. The molecule has 1 atom stereocenters. The number of urea groups is 2. The Balaban J connectivity index is 1.76. The maximum atomic E-state index is 12.1. The highest BCUT2D eigenvalue weighted by Crippen LogP contribution is 2.25. The summed E-state index contributed by atoms with van der Waals surface area (Å²) in [6, 6.07) is 6.75. The molecule has 2 rings (SSSR count). The Morgan fingerprint density at radius 2 is 1.32 bits per heavy atom. The van der Waals surface area contributed by atoms with E-state index in [-0.39, 0.29) is 18.0 Å². The van der Waals surface area contributed by atoms with Gasteiger partial charge in [0.2, 0.25) is 0 Å². The van der Waals surface area contributed by atoms with E-state index >= 15 is 0 Å². The Hall–Kier alpha value is -2.39. The molecule has 2 aromatic carbocycles. The molecule has 0 bridgehead atoms. The second kappa shape index (κ2) is 11.9. The second-order valence-electron chi connectivity index (χ2n) is 6.27. The zero-order valence-electron chi connectivity index (χ0n) is 15.8. The third-order valence-corrected chi connectivity index (χ3v) is 5.39. The monoisotopic (exact) mass is 506 g/mol. The topological polar surface area (TPSA) is 120 Å². The Labute approximate surface area is 198 Å². The maximum absolute atomic E-state index is 12.1. The number of carbonyl (C=O) groups is 3. The molecule has 0 aliphatic rings. The maximum Gasteiger partial charge on any atom is 0.326 e. The van der Waals surface area contributed by atoms with Crippen LogP contribution in [0.25, 0.3) is 0 Å². The summed E-state index contributed by atoms with van der Waals surface area (Å²) in [7, 11) is 0. The Bertz CT molecular complexity index is 974. The van der Waals surface area contributed by atoms with Gasteiger partial charge >= 0.3 is 18.0 Å². The van der Waals surface area contributed by atoms with Gasteiger partial charge in [-0.15, -0.1) is 0 Å². The number of aliphatic carboxylic acids is 1. The smallest absolute Gasteiger partial charge is 0.326 e. The molecule has 166 valence electrons. The van der Waals surface area contributed by atoms with Crippen LogP contribution in [0.3, 0.4) is 0 Å². The van der Waals surface area contributed by atoms with Crippen LogP contribution in [0.1, 0.15) is 12.8 Å². The van der Waals surface area contributed by atoms with E-state index in [1.165, 1.54) is 24.3 Å². The number of hydrogen-bond acceptors (Lipinski definition) is 3. The van der Waals surface area contributed by atoms with Gasteiger partial charge in [0, 0.05) is 17.9 Å². The summed E-state index contributed by atoms with van der Waals surface area (Å²) in [6.07, 6.45) is 0.399. The second-order valence-corrected chi connectivity index (χ2v) is 7.90. The van der Waals surface area contributed by atoms with E-state index in [4.69, 9.17) is 46.4 Å². The van der Waals surface area contributed by atoms with Gasteiger partial charge in [-0.3, -0.25) is 0 Å². The number of anilines is 2. The molecule has 0 aliphatic heterocycles. The molecule has 12 heteroatoms. The van der Waals surface area contributed by atoms with Gasteiger partial charge in [0.15, 0.2) is 0 Å². The SMILES string of the molecule is O=C(NCCCC(NC(=O)Nc1ccc(Cl)c(Cl)c1)C(=O)O)Nc1ccc(Cl)c(Cl)c1. The van der Waals surface area contributed by atoms with Crippen molar-refractivity contribution in [2.45, 2.75) is 18.9 Å². The van der Waals surface area contributed by atoms with E-state index in [0.29, 0.717) is 32.9 Å². The van der Waals surface area contributed by atoms with Crippen LogP contribution in [0.5, 0.6) is 0 Å². The molecular formula is C19H18Cl4N4O4. The van der Waals surface area contributed by atoms with Crippen LogP contribution in [0.15, 0.2) is 36.4 Å². The molecule has 0 aromatic heterocycles. The minimum atomic E-state index is -1.20. The van der Waals surface area contributed by atoms with Gasteiger partial charge in [-0.1, -0.05) is 46.4 Å². The van der Waals surface area contributed by atoms with Crippen LogP contribution in [0.2, 0.25) is 20.1 Å². The van der Waals surface area contributed by atoms with E-state index in [0.717, 1.165) is 0 Å².